The van der Waals surface area contributed by atoms with Crippen molar-refractivity contribution in [1.82, 2.24) is 9.55 Å². The van der Waals surface area contributed by atoms with Crippen molar-refractivity contribution in [1.29, 1.82) is 5.26 Å². The lowest BCUT2D eigenvalue weighted by molar-refractivity contribution is -0.114. The van der Waals surface area contributed by atoms with Crippen molar-refractivity contribution in [3.63, 3.8) is 0 Å². The van der Waals surface area contributed by atoms with Crippen LogP contribution in [0.15, 0.2) is 17.1 Å². The summed E-state index contributed by atoms with van der Waals surface area (Å²) in [7, 11) is -3.07. The minimum Gasteiger partial charge on any atom is -0.437 e. The molecule has 0 aromatic carbocycles. The molecule has 4 atom stereocenters. The van der Waals surface area contributed by atoms with E-state index in [0.717, 1.165) is 4.57 Å². The van der Waals surface area contributed by atoms with Gasteiger partial charge >= 0.3 is 14.3 Å². The van der Waals surface area contributed by atoms with Crippen LogP contribution < -0.4 is 11.0 Å². The number of nitrogens with one attached hydrogen (secondary N) is 1. The summed E-state index contributed by atoms with van der Waals surface area (Å²) < 4.78 is 26.4. The predicted octanol–water partition coefficient (Wildman–Crippen LogP) is 3.21. The maximum atomic E-state index is 12.8. The van der Waals surface area contributed by atoms with Gasteiger partial charge in [-0.1, -0.05) is 55.4 Å². The van der Waals surface area contributed by atoms with Crippen molar-refractivity contribution in [2.75, 3.05) is 19.0 Å². The molecule has 0 aliphatic carbocycles. The molecule has 2 N–H and O–H groups in total. The van der Waals surface area contributed by atoms with E-state index in [1.807, 2.05) is 6.07 Å². The Morgan fingerprint density at radius 3 is 2.26 bits per heavy atom. The first kappa shape index (κ1) is 32.3. The molecular weight excluding hydrogens is 524 g/mol. The smallest absolute Gasteiger partial charge is 0.351 e. The summed E-state index contributed by atoms with van der Waals surface area (Å²) in [5, 5.41) is 23.8. The van der Waals surface area contributed by atoms with E-state index in [1.54, 1.807) is 0 Å². The number of aromatic nitrogens is 2. The lowest BCUT2D eigenvalue weighted by Crippen LogP contribution is -2.55. The lowest BCUT2D eigenvalue weighted by Gasteiger charge is -2.43. The first-order valence-corrected chi connectivity index (χ1v) is 16.9. The van der Waals surface area contributed by atoms with E-state index in [4.69, 9.17) is 18.0 Å². The molecule has 1 aliphatic rings. The normalized spacial score (nSPS) is 24.1. The molecule has 38 heavy (non-hydrogen) atoms. The highest BCUT2D eigenvalue weighted by Crippen LogP contribution is 2.42. The summed E-state index contributed by atoms with van der Waals surface area (Å²) in [6, 6.07) is 3.27. The van der Waals surface area contributed by atoms with Crippen molar-refractivity contribution < 1.29 is 27.9 Å². The maximum absolute atomic E-state index is 12.8. The number of aliphatic hydroxyl groups is 1. The van der Waals surface area contributed by atoms with Crippen LogP contribution in [0.5, 0.6) is 0 Å². The minimum atomic E-state index is -2.80. The average Bonchev–Trinajstić information content (AvgIpc) is 3.09. The van der Waals surface area contributed by atoms with E-state index in [1.165, 1.54) is 26.3 Å². The Hall–Kier alpha value is -1.93. The molecule has 1 amide bonds. The first-order valence-electron chi connectivity index (χ1n) is 13.1. The number of carbonyl (C=O) groups is 1. The number of nitrogens with zero attached hydrogens (tertiary/aromatic N) is 3. The molecule has 0 bridgehead atoms. The first-order chi connectivity index (χ1) is 17.6. The van der Waals surface area contributed by atoms with Crippen LogP contribution in [-0.2, 0) is 22.8 Å². The molecule has 2 heterocycles. The lowest BCUT2D eigenvalue weighted by atomic mass is 9.95. The number of ether oxygens (including phenoxy) is 2. The number of hydrogen-bond acceptors (Lipinski definition) is 9. The molecule has 11 nitrogen and oxygen atoms in total. The molecule has 1 saturated heterocycles. The Balaban J connectivity index is 2.42. The average molecular weight is 569 g/mol. The summed E-state index contributed by atoms with van der Waals surface area (Å²) in [6.45, 7) is 18.5. The third-order valence-corrected chi connectivity index (χ3v) is 16.0. The number of amides is 1. The van der Waals surface area contributed by atoms with Crippen LogP contribution in [0.4, 0.5) is 5.82 Å². The molecule has 1 aromatic rings. The number of methoxy groups -OCH3 is 1. The Morgan fingerprint density at radius 2 is 1.84 bits per heavy atom. The van der Waals surface area contributed by atoms with Crippen molar-refractivity contribution >= 4 is 29.3 Å². The van der Waals surface area contributed by atoms with Gasteiger partial charge in [-0.2, -0.15) is 10.2 Å². The van der Waals surface area contributed by atoms with Gasteiger partial charge < -0.3 is 28.4 Å². The Labute approximate surface area is 228 Å². The monoisotopic (exact) mass is 568 g/mol. The van der Waals surface area contributed by atoms with Gasteiger partial charge in [-0.3, -0.25) is 9.36 Å². The topological polar surface area (TPSA) is 145 Å². The minimum absolute atomic E-state index is 0.0189. The van der Waals surface area contributed by atoms with Crippen LogP contribution in [0.25, 0.3) is 0 Å². The van der Waals surface area contributed by atoms with Crippen LogP contribution in [0.2, 0.25) is 22.2 Å². The number of nitriles is 1. The highest BCUT2D eigenvalue weighted by Gasteiger charge is 2.59. The Bertz CT molecular complexity index is 1040. The second kappa shape index (κ2) is 13.0. The van der Waals surface area contributed by atoms with E-state index in [0.29, 0.717) is 11.1 Å². The van der Waals surface area contributed by atoms with Crippen molar-refractivity contribution in [3.05, 3.63) is 22.7 Å². The van der Waals surface area contributed by atoms with Gasteiger partial charge in [-0.25, -0.2) is 4.79 Å². The van der Waals surface area contributed by atoms with Crippen molar-refractivity contribution in [2.45, 2.75) is 109 Å². The molecule has 0 radical (unpaired) electrons. The Morgan fingerprint density at radius 1 is 1.26 bits per heavy atom. The zero-order chi connectivity index (χ0) is 29.0. The quantitative estimate of drug-likeness (QED) is 0.287. The van der Waals surface area contributed by atoms with Crippen LogP contribution in [0.3, 0.4) is 0 Å². The fourth-order valence-electron chi connectivity index (χ4n) is 5.23. The van der Waals surface area contributed by atoms with Crippen LogP contribution in [0.1, 0.15) is 68.5 Å². The molecule has 1 fully saturated rings. The second-order valence-electron chi connectivity index (χ2n) is 11.2. The summed E-state index contributed by atoms with van der Waals surface area (Å²) in [5.74, 6) is -0.335. The Kier molecular flexibility index (Phi) is 11.0. The van der Waals surface area contributed by atoms with Gasteiger partial charge in [-0.15, -0.1) is 0 Å². The highest BCUT2D eigenvalue weighted by molar-refractivity contribution is 6.78. The van der Waals surface area contributed by atoms with E-state index in [2.05, 4.69) is 65.7 Å². The summed E-state index contributed by atoms with van der Waals surface area (Å²) >= 11 is 0. The molecule has 0 saturated carbocycles. The fraction of sp³-hybridized carbons (Fsp3) is 0.760. The third-order valence-electron chi connectivity index (χ3n) is 6.99. The van der Waals surface area contributed by atoms with Gasteiger partial charge in [0.1, 0.15) is 24.1 Å². The maximum Gasteiger partial charge on any atom is 0.351 e. The van der Waals surface area contributed by atoms with E-state index in [9.17, 15) is 20.0 Å². The SMILES string of the molecule is CO[C@@H]1C(CO[Si](O[SiH](C(C)C)C(C)C)(C(C)C)C(C)C)O[C@@H](n2ccc(NC(C)=O)nc2=O)C1(O)C#N. The van der Waals surface area contributed by atoms with Crippen LogP contribution in [-0.4, -0.2) is 69.7 Å². The molecule has 0 spiro atoms. The van der Waals surface area contributed by atoms with Gasteiger partial charge in [0, 0.05) is 20.2 Å². The molecule has 2 rings (SSSR count). The highest BCUT2D eigenvalue weighted by atomic mass is 28.4. The number of anilines is 1. The second-order valence-corrected chi connectivity index (χ2v) is 19.8. The van der Waals surface area contributed by atoms with E-state index >= 15 is 0 Å². The zero-order valence-corrected chi connectivity index (χ0v) is 26.4. The summed E-state index contributed by atoms with van der Waals surface area (Å²) in [5.41, 5.74) is -1.88. The molecule has 1 aromatic heterocycles. The molecule has 214 valence electrons. The summed E-state index contributed by atoms with van der Waals surface area (Å²) in [4.78, 5) is 27.9. The fourth-order valence-corrected chi connectivity index (χ4v) is 15.5. The molecule has 2 unspecified atom stereocenters. The number of carbonyl (C=O) groups excluding carboxylic acids is 1. The zero-order valence-electron chi connectivity index (χ0n) is 24.2. The van der Waals surface area contributed by atoms with Gasteiger partial charge in [0.25, 0.3) is 0 Å². The van der Waals surface area contributed by atoms with E-state index < -0.39 is 47.3 Å². The van der Waals surface area contributed by atoms with Crippen molar-refractivity contribution in [3.8, 4) is 6.07 Å². The van der Waals surface area contributed by atoms with Gasteiger partial charge in [0.05, 0.1) is 6.61 Å². The molecule has 13 heteroatoms. The van der Waals surface area contributed by atoms with Gasteiger partial charge in [0.2, 0.25) is 11.5 Å². The molecule has 1 aliphatic heterocycles. The largest absolute Gasteiger partial charge is 0.437 e. The van der Waals surface area contributed by atoms with Crippen molar-refractivity contribution in [2.24, 2.45) is 0 Å². The van der Waals surface area contributed by atoms with Gasteiger partial charge in [-0.05, 0) is 28.2 Å². The van der Waals surface area contributed by atoms with Crippen LogP contribution >= 0.6 is 0 Å². The number of rotatable bonds is 12. The van der Waals surface area contributed by atoms with Gasteiger partial charge in [0.15, 0.2) is 15.3 Å². The molecular formula is C25H44N4O7Si2. The third kappa shape index (κ3) is 6.61. The standard InChI is InChI=1S/C25H44N4O7Si2/c1-15(2)37(16(3)4)36-38(17(5)6,18(7)8)34-13-20-22(33-10)25(32,14-26)23(35-20)29-12-11-21(27-19(9)30)28-24(29)31/h11-12,15-18,20,22-23,32,37H,13H2,1-10H3,(H,27,28,30,31)/t20?,22-,23-,25?/m1/s1. The predicted molar refractivity (Wildman–Crippen MR) is 148 cm³/mol. The summed E-state index contributed by atoms with van der Waals surface area (Å²) in [6.07, 6.45) is -2.05. The number of hydrogen-bond donors (Lipinski definition) is 2. The van der Waals surface area contributed by atoms with E-state index in [-0.39, 0.29) is 29.4 Å². The van der Waals surface area contributed by atoms with Crippen LogP contribution in [0, 0.1) is 11.3 Å².